The van der Waals surface area contributed by atoms with Gasteiger partial charge in [0.1, 0.15) is 0 Å². The molecule has 0 radical (unpaired) electrons. The number of rotatable bonds is 3. The number of fused-ring (bicyclic) bond motifs is 1. The minimum absolute atomic E-state index is 0.199. The smallest absolute Gasteiger partial charge is 0.255 e. The number of allylic oxidation sites excluding steroid dienone is 2. The van der Waals surface area contributed by atoms with Crippen molar-refractivity contribution in [1.29, 1.82) is 5.26 Å². The second kappa shape index (κ2) is 7.79. The number of carbonyl (C=O) groups excluding carboxylic acids is 1. The Morgan fingerprint density at radius 2 is 2.10 bits per heavy atom. The lowest BCUT2D eigenvalue weighted by Gasteiger charge is -2.06. The number of hydrogen-bond donors (Lipinski definition) is 1. The highest BCUT2D eigenvalue weighted by molar-refractivity contribution is 6.06. The van der Waals surface area contributed by atoms with Crippen molar-refractivity contribution in [2.75, 3.05) is 5.32 Å². The minimum Gasteiger partial charge on any atom is -0.322 e. The molecule has 0 spiro atoms. The molecule has 1 amide bonds. The van der Waals surface area contributed by atoms with Gasteiger partial charge in [-0.15, -0.1) is 10.2 Å². The number of nitriles is 1. The van der Waals surface area contributed by atoms with Crippen LogP contribution < -0.4 is 5.32 Å². The van der Waals surface area contributed by atoms with E-state index in [-0.39, 0.29) is 5.91 Å². The van der Waals surface area contributed by atoms with E-state index in [9.17, 15) is 10.1 Å². The van der Waals surface area contributed by atoms with E-state index in [0.29, 0.717) is 33.9 Å². The summed E-state index contributed by atoms with van der Waals surface area (Å²) in [6, 6.07) is 10.7. The molecule has 0 saturated heterocycles. The molecule has 0 aliphatic heterocycles. The van der Waals surface area contributed by atoms with Gasteiger partial charge in [0.05, 0.1) is 11.6 Å². The van der Waals surface area contributed by atoms with Gasteiger partial charge in [-0.25, -0.2) is 0 Å². The molecule has 0 bridgehead atoms. The van der Waals surface area contributed by atoms with Gasteiger partial charge >= 0.3 is 0 Å². The molecule has 0 unspecified atom stereocenters. The molecular formula is C22H16N6O. The molecule has 2 aromatic heterocycles. The van der Waals surface area contributed by atoms with Crippen LogP contribution in [0.3, 0.4) is 0 Å². The Bertz CT molecular complexity index is 1280. The quantitative estimate of drug-likeness (QED) is 0.705. The Morgan fingerprint density at radius 1 is 1.24 bits per heavy atom. The van der Waals surface area contributed by atoms with Crippen molar-refractivity contribution in [1.82, 2.24) is 19.8 Å². The van der Waals surface area contributed by atoms with Gasteiger partial charge in [0.15, 0.2) is 5.65 Å². The fourth-order valence-corrected chi connectivity index (χ4v) is 2.97. The van der Waals surface area contributed by atoms with E-state index in [1.165, 1.54) is 10.1 Å². The number of carbonyl (C=O) groups is 1. The first-order valence-corrected chi connectivity index (χ1v) is 9.11. The fourth-order valence-electron chi connectivity index (χ4n) is 2.97. The summed E-state index contributed by atoms with van der Waals surface area (Å²) in [6.07, 6.45) is 7.17. The monoisotopic (exact) mass is 380 g/mol. The van der Waals surface area contributed by atoms with Crippen LogP contribution >= 0.6 is 0 Å². The van der Waals surface area contributed by atoms with Crippen molar-refractivity contribution in [3.63, 3.8) is 0 Å². The highest BCUT2D eigenvalue weighted by Crippen LogP contribution is 2.22. The summed E-state index contributed by atoms with van der Waals surface area (Å²) in [5.74, 6) is 6.08. The van der Waals surface area contributed by atoms with Crippen molar-refractivity contribution in [3.8, 4) is 17.9 Å². The standard InChI is InChI=1S/C22H16N6O/c1-2-15-5-7-18(11-15)22(29)25-19-12-16(10-17(13-19)14-23)6-8-21-27-26-20-4-3-9-24-28(20)21/h3-4,7,9-13H,2,5H2,1H3,(H,25,29). The van der Waals surface area contributed by atoms with Gasteiger partial charge in [-0.2, -0.15) is 14.9 Å². The Balaban J connectivity index is 1.61. The highest BCUT2D eigenvalue weighted by atomic mass is 16.1. The Hall–Kier alpha value is -4.23. The molecule has 1 aliphatic rings. The molecule has 4 rings (SSSR count). The maximum Gasteiger partial charge on any atom is 0.255 e. The Labute approximate surface area is 167 Å². The van der Waals surface area contributed by atoms with Crippen LogP contribution in [0.5, 0.6) is 0 Å². The van der Waals surface area contributed by atoms with Crippen molar-refractivity contribution in [3.05, 3.63) is 76.8 Å². The van der Waals surface area contributed by atoms with E-state index < -0.39 is 0 Å². The zero-order valence-electron chi connectivity index (χ0n) is 15.7. The minimum atomic E-state index is -0.199. The molecule has 2 heterocycles. The maximum atomic E-state index is 12.5. The first kappa shape index (κ1) is 18.1. The summed E-state index contributed by atoms with van der Waals surface area (Å²) in [6.45, 7) is 2.07. The van der Waals surface area contributed by atoms with E-state index in [1.807, 2.05) is 12.2 Å². The third-order valence-electron chi connectivity index (χ3n) is 4.48. The van der Waals surface area contributed by atoms with E-state index >= 15 is 0 Å². The molecule has 0 atom stereocenters. The second-order valence-electron chi connectivity index (χ2n) is 6.45. The van der Waals surface area contributed by atoms with Gasteiger partial charge in [-0.3, -0.25) is 4.79 Å². The van der Waals surface area contributed by atoms with Crippen molar-refractivity contribution in [2.45, 2.75) is 19.8 Å². The molecule has 1 aliphatic carbocycles. The first-order valence-electron chi connectivity index (χ1n) is 9.11. The van der Waals surface area contributed by atoms with Crippen LogP contribution in [0, 0.1) is 23.2 Å². The third kappa shape index (κ3) is 3.90. The SMILES string of the molecule is CCC1=CC(C(=O)Nc2cc(C#N)cc(C#Cc3nnc4cccnn34)c2)=CC1. The average molecular weight is 380 g/mol. The van der Waals surface area contributed by atoms with Gasteiger partial charge in [0.2, 0.25) is 5.82 Å². The lowest BCUT2D eigenvalue weighted by Crippen LogP contribution is -2.12. The second-order valence-corrected chi connectivity index (χ2v) is 6.45. The van der Waals surface area contributed by atoms with Crippen LogP contribution in [0.4, 0.5) is 5.69 Å². The number of nitrogens with one attached hydrogen (secondary N) is 1. The molecule has 1 N–H and O–H groups in total. The molecule has 3 aromatic rings. The molecule has 1 aromatic carbocycles. The van der Waals surface area contributed by atoms with Crippen molar-refractivity contribution in [2.24, 2.45) is 0 Å². The number of amides is 1. The largest absolute Gasteiger partial charge is 0.322 e. The summed E-state index contributed by atoms with van der Waals surface area (Å²) >= 11 is 0. The highest BCUT2D eigenvalue weighted by Gasteiger charge is 2.13. The van der Waals surface area contributed by atoms with Crippen LogP contribution in [0.1, 0.15) is 36.7 Å². The lowest BCUT2D eigenvalue weighted by atomic mass is 10.1. The molecular weight excluding hydrogens is 364 g/mol. The normalized spacial score (nSPS) is 12.6. The lowest BCUT2D eigenvalue weighted by molar-refractivity contribution is -0.112. The predicted octanol–water partition coefficient (Wildman–Crippen LogP) is 3.00. The average Bonchev–Trinajstić information content (AvgIpc) is 3.39. The number of aromatic nitrogens is 4. The molecule has 7 nitrogen and oxygen atoms in total. The Morgan fingerprint density at radius 3 is 2.90 bits per heavy atom. The summed E-state index contributed by atoms with van der Waals surface area (Å²) in [4.78, 5) is 12.5. The van der Waals surface area contributed by atoms with Crippen LogP contribution in [0.25, 0.3) is 5.65 Å². The van der Waals surface area contributed by atoms with Crippen LogP contribution in [-0.2, 0) is 4.79 Å². The molecule has 0 fully saturated rings. The topological polar surface area (TPSA) is 96.0 Å². The zero-order chi connectivity index (χ0) is 20.2. The molecule has 140 valence electrons. The van der Waals surface area contributed by atoms with Gasteiger partial charge in [0, 0.05) is 23.0 Å². The molecule has 29 heavy (non-hydrogen) atoms. The summed E-state index contributed by atoms with van der Waals surface area (Å²) < 4.78 is 1.54. The van der Waals surface area contributed by atoms with Gasteiger partial charge in [-0.05, 0) is 49.1 Å². The predicted molar refractivity (Wildman–Crippen MR) is 108 cm³/mol. The fraction of sp³-hybridized carbons (Fsp3) is 0.136. The molecule has 7 heteroatoms. The third-order valence-corrected chi connectivity index (χ3v) is 4.48. The first-order chi connectivity index (χ1) is 14.2. The number of anilines is 1. The van der Waals surface area contributed by atoms with E-state index in [4.69, 9.17) is 0 Å². The Kier molecular flexibility index (Phi) is 4.88. The van der Waals surface area contributed by atoms with E-state index in [1.54, 1.807) is 36.5 Å². The van der Waals surface area contributed by atoms with Crippen LogP contribution in [-0.4, -0.2) is 25.7 Å². The van der Waals surface area contributed by atoms with Crippen molar-refractivity contribution >= 4 is 17.2 Å². The summed E-state index contributed by atoms with van der Waals surface area (Å²) in [7, 11) is 0. The van der Waals surface area contributed by atoms with Gasteiger partial charge < -0.3 is 5.32 Å². The van der Waals surface area contributed by atoms with Crippen molar-refractivity contribution < 1.29 is 4.79 Å². The maximum absolute atomic E-state index is 12.5. The van der Waals surface area contributed by atoms with E-state index in [0.717, 1.165) is 12.8 Å². The number of benzene rings is 1. The van der Waals surface area contributed by atoms with Gasteiger partial charge in [0.25, 0.3) is 5.91 Å². The summed E-state index contributed by atoms with van der Waals surface area (Å²) in [5, 5.41) is 24.4. The van der Waals surface area contributed by atoms with Gasteiger partial charge in [-0.1, -0.05) is 30.6 Å². The van der Waals surface area contributed by atoms with Crippen LogP contribution in [0.2, 0.25) is 0 Å². The summed E-state index contributed by atoms with van der Waals surface area (Å²) in [5.41, 5.74) is 3.96. The number of hydrogen-bond acceptors (Lipinski definition) is 5. The zero-order valence-corrected chi connectivity index (χ0v) is 15.7. The van der Waals surface area contributed by atoms with E-state index in [2.05, 4.69) is 45.4 Å². The van der Waals surface area contributed by atoms with Crippen LogP contribution in [0.15, 0.2) is 59.8 Å². The number of nitrogens with zero attached hydrogens (tertiary/aromatic N) is 5. The molecule has 0 saturated carbocycles.